The molecule has 0 N–H and O–H groups in total. The van der Waals surface area contributed by atoms with Crippen molar-refractivity contribution in [2.45, 2.75) is 19.4 Å². The molecule has 0 aliphatic carbocycles. The Hall–Kier alpha value is -3.52. The van der Waals surface area contributed by atoms with Gasteiger partial charge in [-0.3, -0.25) is 4.79 Å². The molecule has 1 unspecified atom stereocenters. The highest BCUT2D eigenvalue weighted by molar-refractivity contribution is 7.12. The van der Waals surface area contributed by atoms with Crippen molar-refractivity contribution >= 4 is 23.0 Å². The maximum absolute atomic E-state index is 13.3. The number of carbonyl (C=O) groups is 1. The molecule has 2 heterocycles. The lowest BCUT2D eigenvalue weighted by Crippen LogP contribution is -2.31. The van der Waals surface area contributed by atoms with Crippen LogP contribution < -0.4 is 18.9 Å². The smallest absolute Gasteiger partial charge is 0.281 e. The normalized spacial score (nSPS) is 15.2. The van der Waals surface area contributed by atoms with Crippen LogP contribution in [0.5, 0.6) is 23.0 Å². The molecular formula is C25H26N2O5S. The van der Waals surface area contributed by atoms with Crippen molar-refractivity contribution in [3.05, 3.63) is 69.9 Å². The predicted octanol–water partition coefficient (Wildman–Crippen LogP) is 4.84. The van der Waals surface area contributed by atoms with Gasteiger partial charge < -0.3 is 18.9 Å². The van der Waals surface area contributed by atoms with Gasteiger partial charge in [0.1, 0.15) is 0 Å². The van der Waals surface area contributed by atoms with Crippen LogP contribution >= 0.6 is 11.3 Å². The van der Waals surface area contributed by atoms with Crippen LogP contribution in [0.3, 0.4) is 0 Å². The van der Waals surface area contributed by atoms with E-state index in [1.165, 1.54) is 5.01 Å². The summed E-state index contributed by atoms with van der Waals surface area (Å²) in [6.45, 7) is 1.81. The largest absolute Gasteiger partial charge is 0.493 e. The van der Waals surface area contributed by atoms with E-state index in [-0.39, 0.29) is 18.6 Å². The van der Waals surface area contributed by atoms with Crippen LogP contribution in [-0.2, 0) is 4.79 Å². The second kappa shape index (κ2) is 9.95. The van der Waals surface area contributed by atoms with E-state index in [2.05, 4.69) is 5.10 Å². The number of aryl methyl sites for hydroxylation is 1. The number of thiophene rings is 1. The Morgan fingerprint density at radius 3 is 2.42 bits per heavy atom. The van der Waals surface area contributed by atoms with Crippen molar-refractivity contribution in [2.75, 3.05) is 27.9 Å². The molecule has 1 amide bonds. The topological polar surface area (TPSA) is 69.6 Å². The van der Waals surface area contributed by atoms with Crippen LogP contribution in [0.25, 0.3) is 0 Å². The quantitative estimate of drug-likeness (QED) is 0.475. The van der Waals surface area contributed by atoms with Crippen LogP contribution in [-0.4, -0.2) is 44.6 Å². The van der Waals surface area contributed by atoms with Crippen molar-refractivity contribution in [3.8, 4) is 23.0 Å². The summed E-state index contributed by atoms with van der Waals surface area (Å²) in [4.78, 5) is 14.3. The van der Waals surface area contributed by atoms with Crippen molar-refractivity contribution in [1.82, 2.24) is 5.01 Å². The molecule has 172 valence electrons. The van der Waals surface area contributed by atoms with E-state index in [4.69, 9.17) is 18.9 Å². The lowest BCUT2D eigenvalue weighted by molar-refractivity contribution is -0.135. The monoisotopic (exact) mass is 466 g/mol. The summed E-state index contributed by atoms with van der Waals surface area (Å²) in [5, 5.41) is 8.19. The van der Waals surface area contributed by atoms with Gasteiger partial charge in [0.15, 0.2) is 29.6 Å². The lowest BCUT2D eigenvalue weighted by Gasteiger charge is -2.23. The number of nitrogens with zero attached hydrogens (tertiary/aromatic N) is 2. The first-order chi connectivity index (χ1) is 16.0. The molecule has 1 aliphatic rings. The number of ether oxygens (including phenoxy) is 4. The molecule has 2 aromatic carbocycles. The molecule has 3 aromatic rings. The Morgan fingerprint density at radius 1 is 1.00 bits per heavy atom. The zero-order valence-corrected chi connectivity index (χ0v) is 19.8. The van der Waals surface area contributed by atoms with E-state index in [9.17, 15) is 4.79 Å². The summed E-state index contributed by atoms with van der Waals surface area (Å²) in [7, 11) is 4.77. The van der Waals surface area contributed by atoms with Crippen molar-refractivity contribution < 1.29 is 23.7 Å². The van der Waals surface area contributed by atoms with Crippen LogP contribution in [0.2, 0.25) is 0 Å². The number of hydrogen-bond donors (Lipinski definition) is 0. The Morgan fingerprint density at radius 2 is 1.73 bits per heavy atom. The van der Waals surface area contributed by atoms with Gasteiger partial charge in [-0.05, 0) is 53.8 Å². The minimum atomic E-state index is -0.280. The Labute approximate surface area is 197 Å². The lowest BCUT2D eigenvalue weighted by atomic mass is 10.0. The molecule has 0 radical (unpaired) electrons. The maximum Gasteiger partial charge on any atom is 0.281 e. The number of hydrogen-bond acceptors (Lipinski definition) is 7. The minimum Gasteiger partial charge on any atom is -0.493 e. The van der Waals surface area contributed by atoms with E-state index in [1.54, 1.807) is 38.7 Å². The highest BCUT2D eigenvalue weighted by Gasteiger charge is 2.34. The molecule has 1 atom stereocenters. The summed E-state index contributed by atoms with van der Waals surface area (Å²) >= 11 is 1.60. The molecule has 0 fully saturated rings. The third-order valence-electron chi connectivity index (χ3n) is 5.43. The van der Waals surface area contributed by atoms with Gasteiger partial charge in [0.25, 0.3) is 5.91 Å². The summed E-state index contributed by atoms with van der Waals surface area (Å²) in [6, 6.07) is 15.0. The van der Waals surface area contributed by atoms with Gasteiger partial charge in [0.05, 0.1) is 38.0 Å². The van der Waals surface area contributed by atoms with E-state index >= 15 is 0 Å². The molecular weight excluding hydrogens is 440 g/mol. The molecule has 0 saturated heterocycles. The first-order valence-electron chi connectivity index (χ1n) is 10.5. The molecule has 8 heteroatoms. The Kier molecular flexibility index (Phi) is 6.84. The number of rotatable bonds is 8. The van der Waals surface area contributed by atoms with Crippen molar-refractivity contribution in [2.24, 2.45) is 5.10 Å². The van der Waals surface area contributed by atoms with Gasteiger partial charge >= 0.3 is 0 Å². The van der Waals surface area contributed by atoms with Crippen LogP contribution in [0, 0.1) is 6.92 Å². The number of hydrazone groups is 1. The standard InChI is InChI=1S/C25H26N2O5S/c1-16-7-9-21(22(12-16)30-3)32-15-25(28)27-19(14-18(26-27)24-6-5-11-33-24)17-8-10-20(29-2)23(13-17)31-4/h5-13,19H,14-15H2,1-4H3. The summed E-state index contributed by atoms with van der Waals surface area (Å²) < 4.78 is 22.0. The van der Waals surface area contributed by atoms with Crippen LogP contribution in [0.4, 0.5) is 0 Å². The average Bonchev–Trinajstić information content (AvgIpc) is 3.52. The van der Waals surface area contributed by atoms with Gasteiger partial charge in [0, 0.05) is 6.42 Å². The zero-order valence-electron chi connectivity index (χ0n) is 19.0. The maximum atomic E-state index is 13.3. The first-order valence-corrected chi connectivity index (χ1v) is 11.3. The van der Waals surface area contributed by atoms with E-state index in [0.29, 0.717) is 29.4 Å². The summed E-state index contributed by atoms with van der Waals surface area (Å²) in [5.74, 6) is 2.09. The molecule has 0 saturated carbocycles. The highest BCUT2D eigenvalue weighted by Crippen LogP contribution is 2.38. The number of carbonyl (C=O) groups excluding carboxylic acids is 1. The molecule has 0 bridgehead atoms. The van der Waals surface area contributed by atoms with E-state index in [1.807, 2.05) is 54.8 Å². The van der Waals surface area contributed by atoms with Gasteiger partial charge in [0.2, 0.25) is 0 Å². The zero-order chi connectivity index (χ0) is 23.4. The fourth-order valence-corrected chi connectivity index (χ4v) is 4.47. The fraction of sp³-hybridized carbons (Fsp3) is 0.280. The fourth-order valence-electron chi connectivity index (χ4n) is 3.75. The van der Waals surface area contributed by atoms with Gasteiger partial charge in [-0.15, -0.1) is 11.3 Å². The van der Waals surface area contributed by atoms with Crippen LogP contribution in [0.15, 0.2) is 59.0 Å². The summed E-state index contributed by atoms with van der Waals surface area (Å²) in [5.41, 5.74) is 2.82. The molecule has 1 aliphatic heterocycles. The molecule has 0 spiro atoms. The second-order valence-corrected chi connectivity index (χ2v) is 8.49. The molecule has 7 nitrogen and oxygen atoms in total. The van der Waals surface area contributed by atoms with Gasteiger partial charge in [-0.1, -0.05) is 18.2 Å². The molecule has 33 heavy (non-hydrogen) atoms. The minimum absolute atomic E-state index is 0.162. The van der Waals surface area contributed by atoms with Crippen molar-refractivity contribution in [3.63, 3.8) is 0 Å². The van der Waals surface area contributed by atoms with E-state index < -0.39 is 0 Å². The van der Waals surface area contributed by atoms with Gasteiger partial charge in [-0.25, -0.2) is 5.01 Å². The molecule has 4 rings (SSSR count). The van der Waals surface area contributed by atoms with Gasteiger partial charge in [-0.2, -0.15) is 5.10 Å². The second-order valence-electron chi connectivity index (χ2n) is 7.54. The first kappa shape index (κ1) is 22.7. The number of methoxy groups -OCH3 is 3. The Bertz CT molecular complexity index is 1160. The summed E-state index contributed by atoms with van der Waals surface area (Å²) in [6.07, 6.45) is 0.593. The third-order valence-corrected chi connectivity index (χ3v) is 6.35. The molecule has 1 aromatic heterocycles. The van der Waals surface area contributed by atoms with E-state index in [0.717, 1.165) is 21.7 Å². The number of amides is 1. The SMILES string of the molecule is COc1ccc(C2CC(c3cccs3)=NN2C(=O)COc2ccc(C)cc2OC)cc1OC. The van der Waals surface area contributed by atoms with Crippen LogP contribution in [0.1, 0.15) is 28.5 Å². The number of benzene rings is 2. The third kappa shape index (κ3) is 4.80. The predicted molar refractivity (Wildman–Crippen MR) is 128 cm³/mol. The Balaban J connectivity index is 1.60. The average molecular weight is 467 g/mol. The highest BCUT2D eigenvalue weighted by atomic mass is 32.1. The van der Waals surface area contributed by atoms with Crippen molar-refractivity contribution in [1.29, 1.82) is 0 Å².